The van der Waals surface area contributed by atoms with Crippen molar-refractivity contribution in [2.24, 2.45) is 0 Å². The summed E-state index contributed by atoms with van der Waals surface area (Å²) in [4.78, 5) is 11.4. The summed E-state index contributed by atoms with van der Waals surface area (Å²) in [5.74, 6) is 0.0449. The molecular weight excluding hydrogens is 280 g/mol. The van der Waals surface area contributed by atoms with E-state index in [1.54, 1.807) is 17.8 Å². The number of aromatic nitrogens is 2. The van der Waals surface area contributed by atoms with Gasteiger partial charge in [-0.3, -0.25) is 4.79 Å². The number of hydrogen-bond donors (Lipinski definition) is 0. The van der Waals surface area contributed by atoms with Gasteiger partial charge in [0, 0.05) is 4.47 Å². The SMILES string of the molecule is CC(=O)c1cnn(-c2ccc(Br)cc2C)c1C. The minimum absolute atomic E-state index is 0.0449. The van der Waals surface area contributed by atoms with Crippen LogP contribution in [-0.2, 0) is 0 Å². The Bertz CT molecular complexity index is 587. The van der Waals surface area contributed by atoms with Gasteiger partial charge < -0.3 is 0 Å². The van der Waals surface area contributed by atoms with E-state index in [2.05, 4.69) is 21.0 Å². The maximum atomic E-state index is 11.4. The zero-order valence-corrected chi connectivity index (χ0v) is 11.6. The number of carbonyl (C=O) groups excluding carboxylic acids is 1. The third-order valence-electron chi connectivity index (χ3n) is 2.78. The lowest BCUT2D eigenvalue weighted by Crippen LogP contribution is -2.03. The predicted octanol–water partition coefficient (Wildman–Crippen LogP) is 3.45. The Morgan fingerprint density at radius 1 is 1.35 bits per heavy atom. The Kier molecular flexibility index (Phi) is 3.15. The molecule has 1 heterocycles. The van der Waals surface area contributed by atoms with Crippen molar-refractivity contribution < 1.29 is 4.79 Å². The van der Waals surface area contributed by atoms with Crippen molar-refractivity contribution in [2.75, 3.05) is 0 Å². The molecule has 0 N–H and O–H groups in total. The molecule has 1 aromatic heterocycles. The molecule has 1 aromatic carbocycles. The smallest absolute Gasteiger partial charge is 0.163 e. The number of aryl methyl sites for hydroxylation is 1. The summed E-state index contributed by atoms with van der Waals surface area (Å²) in [6.07, 6.45) is 1.62. The number of carbonyl (C=O) groups is 1. The van der Waals surface area contributed by atoms with Crippen LogP contribution in [0, 0.1) is 13.8 Å². The van der Waals surface area contributed by atoms with Crippen molar-refractivity contribution in [1.82, 2.24) is 9.78 Å². The third-order valence-corrected chi connectivity index (χ3v) is 3.27. The molecule has 0 bridgehead atoms. The van der Waals surface area contributed by atoms with Gasteiger partial charge in [0.15, 0.2) is 5.78 Å². The van der Waals surface area contributed by atoms with E-state index in [0.717, 1.165) is 21.4 Å². The van der Waals surface area contributed by atoms with E-state index in [9.17, 15) is 4.79 Å². The zero-order valence-electron chi connectivity index (χ0n) is 9.99. The van der Waals surface area contributed by atoms with E-state index >= 15 is 0 Å². The summed E-state index contributed by atoms with van der Waals surface area (Å²) >= 11 is 3.43. The molecule has 88 valence electrons. The molecule has 0 unspecified atom stereocenters. The number of halogens is 1. The van der Waals surface area contributed by atoms with Crippen molar-refractivity contribution in [3.63, 3.8) is 0 Å². The lowest BCUT2D eigenvalue weighted by atomic mass is 10.1. The molecule has 2 aromatic rings. The average Bonchev–Trinajstić information content (AvgIpc) is 2.60. The standard InChI is InChI=1S/C13H13BrN2O/c1-8-6-11(14)4-5-13(8)16-9(2)12(7-15-16)10(3)17/h4-7H,1-3H3. The Labute approximate surface area is 109 Å². The van der Waals surface area contributed by atoms with Crippen LogP contribution in [0.5, 0.6) is 0 Å². The van der Waals surface area contributed by atoms with Gasteiger partial charge in [0.2, 0.25) is 0 Å². The Hall–Kier alpha value is -1.42. The van der Waals surface area contributed by atoms with Crippen molar-refractivity contribution in [3.8, 4) is 5.69 Å². The maximum Gasteiger partial charge on any atom is 0.163 e. The summed E-state index contributed by atoms with van der Waals surface area (Å²) in [6, 6.07) is 5.99. The van der Waals surface area contributed by atoms with Gasteiger partial charge in [-0.15, -0.1) is 0 Å². The third kappa shape index (κ3) is 2.17. The summed E-state index contributed by atoms with van der Waals surface area (Å²) in [5.41, 5.74) is 3.66. The van der Waals surface area contributed by atoms with Gasteiger partial charge in [-0.05, 0) is 44.5 Å². The van der Waals surface area contributed by atoms with Gasteiger partial charge >= 0.3 is 0 Å². The zero-order chi connectivity index (χ0) is 12.6. The first-order valence-electron chi connectivity index (χ1n) is 5.33. The number of nitrogens with zero attached hydrogens (tertiary/aromatic N) is 2. The second kappa shape index (κ2) is 4.45. The first kappa shape index (κ1) is 12.0. The van der Waals surface area contributed by atoms with E-state index in [0.29, 0.717) is 5.56 Å². The van der Waals surface area contributed by atoms with Crippen LogP contribution in [0.15, 0.2) is 28.9 Å². The fraction of sp³-hybridized carbons (Fsp3) is 0.231. The van der Waals surface area contributed by atoms with Crippen molar-refractivity contribution in [1.29, 1.82) is 0 Å². The van der Waals surface area contributed by atoms with Gasteiger partial charge in [0.05, 0.1) is 23.1 Å². The highest BCUT2D eigenvalue weighted by Crippen LogP contribution is 2.21. The van der Waals surface area contributed by atoms with Crippen molar-refractivity contribution >= 4 is 21.7 Å². The summed E-state index contributed by atoms with van der Waals surface area (Å²) < 4.78 is 2.84. The summed E-state index contributed by atoms with van der Waals surface area (Å²) in [5, 5.41) is 4.28. The molecule has 0 amide bonds. The van der Waals surface area contributed by atoms with Gasteiger partial charge in [-0.1, -0.05) is 15.9 Å². The van der Waals surface area contributed by atoms with Crippen molar-refractivity contribution in [2.45, 2.75) is 20.8 Å². The van der Waals surface area contributed by atoms with Crippen LogP contribution in [0.4, 0.5) is 0 Å². The molecule has 0 saturated heterocycles. The number of benzene rings is 1. The van der Waals surface area contributed by atoms with Crippen LogP contribution in [0.25, 0.3) is 5.69 Å². The van der Waals surface area contributed by atoms with Gasteiger partial charge in [0.25, 0.3) is 0 Å². The van der Waals surface area contributed by atoms with E-state index in [-0.39, 0.29) is 5.78 Å². The minimum atomic E-state index is 0.0449. The lowest BCUT2D eigenvalue weighted by molar-refractivity contribution is 0.101. The van der Waals surface area contributed by atoms with E-state index < -0.39 is 0 Å². The molecule has 0 spiro atoms. The first-order valence-corrected chi connectivity index (χ1v) is 6.12. The molecule has 4 heteroatoms. The highest BCUT2D eigenvalue weighted by atomic mass is 79.9. The molecule has 0 aliphatic heterocycles. The highest BCUT2D eigenvalue weighted by molar-refractivity contribution is 9.10. The number of ketones is 1. The van der Waals surface area contributed by atoms with Crippen LogP contribution in [0.3, 0.4) is 0 Å². The van der Waals surface area contributed by atoms with Gasteiger partial charge in [0.1, 0.15) is 0 Å². The van der Waals surface area contributed by atoms with E-state index in [1.165, 1.54) is 0 Å². The fourth-order valence-corrected chi connectivity index (χ4v) is 2.33. The monoisotopic (exact) mass is 292 g/mol. The summed E-state index contributed by atoms with van der Waals surface area (Å²) in [6.45, 7) is 5.49. The molecular formula is C13H13BrN2O. The first-order chi connectivity index (χ1) is 8.00. The largest absolute Gasteiger partial charge is 0.294 e. The van der Waals surface area contributed by atoms with E-state index in [1.807, 2.05) is 32.0 Å². The molecule has 0 saturated carbocycles. The van der Waals surface area contributed by atoms with E-state index in [4.69, 9.17) is 0 Å². The van der Waals surface area contributed by atoms with Crippen molar-refractivity contribution in [3.05, 3.63) is 45.7 Å². The quantitative estimate of drug-likeness (QED) is 0.795. The molecule has 3 nitrogen and oxygen atoms in total. The Morgan fingerprint density at radius 3 is 2.59 bits per heavy atom. The highest BCUT2D eigenvalue weighted by Gasteiger charge is 2.12. The molecule has 0 aliphatic carbocycles. The molecule has 0 fully saturated rings. The van der Waals surface area contributed by atoms with Crippen LogP contribution in [0.1, 0.15) is 28.5 Å². The van der Waals surface area contributed by atoms with Crippen LogP contribution >= 0.6 is 15.9 Å². The van der Waals surface area contributed by atoms with Gasteiger partial charge in [-0.25, -0.2) is 4.68 Å². The molecule has 0 radical (unpaired) electrons. The molecule has 17 heavy (non-hydrogen) atoms. The molecule has 0 aliphatic rings. The normalized spacial score (nSPS) is 10.6. The van der Waals surface area contributed by atoms with Crippen LogP contribution < -0.4 is 0 Å². The number of Topliss-reactive ketones (excluding diaryl/α,β-unsaturated/α-hetero) is 1. The second-order valence-corrected chi connectivity index (χ2v) is 4.96. The number of rotatable bonds is 2. The molecule has 2 rings (SSSR count). The summed E-state index contributed by atoms with van der Waals surface area (Å²) in [7, 11) is 0. The number of hydrogen-bond acceptors (Lipinski definition) is 2. The Balaban J connectivity index is 2.57. The van der Waals surface area contributed by atoms with Crippen LogP contribution in [-0.4, -0.2) is 15.6 Å². The van der Waals surface area contributed by atoms with Crippen LogP contribution in [0.2, 0.25) is 0 Å². The van der Waals surface area contributed by atoms with Gasteiger partial charge in [-0.2, -0.15) is 5.10 Å². The minimum Gasteiger partial charge on any atom is -0.294 e. The fourth-order valence-electron chi connectivity index (χ4n) is 1.85. The Morgan fingerprint density at radius 2 is 2.06 bits per heavy atom. The maximum absolute atomic E-state index is 11.4. The molecule has 0 atom stereocenters. The lowest BCUT2D eigenvalue weighted by Gasteiger charge is -2.08. The topological polar surface area (TPSA) is 34.9 Å². The second-order valence-electron chi connectivity index (χ2n) is 4.04. The average molecular weight is 293 g/mol. The predicted molar refractivity (Wildman–Crippen MR) is 70.7 cm³/mol.